The van der Waals surface area contributed by atoms with Crippen LogP contribution in [-0.4, -0.2) is 16.9 Å². The summed E-state index contributed by atoms with van der Waals surface area (Å²) in [5.74, 6) is 0.432. The number of anilines is 1. The number of rotatable bonds is 7. The number of non-ortho nitro benzene ring substituents is 1. The fourth-order valence-electron chi connectivity index (χ4n) is 2.03. The van der Waals surface area contributed by atoms with Crippen molar-refractivity contribution in [3.63, 3.8) is 0 Å². The Labute approximate surface area is 146 Å². The van der Waals surface area contributed by atoms with Gasteiger partial charge < -0.3 is 10.1 Å². The lowest BCUT2D eigenvalue weighted by molar-refractivity contribution is -0.384. The maximum atomic E-state index is 12.0. The predicted octanol–water partition coefficient (Wildman–Crippen LogP) is 4.42. The molecule has 6 heteroatoms. The molecule has 0 heterocycles. The van der Waals surface area contributed by atoms with Crippen molar-refractivity contribution < 1.29 is 14.5 Å². The molecule has 2 aromatic rings. The molecular weight excluding hydrogens is 320 g/mol. The number of carbonyl (C=O) groups is 1. The van der Waals surface area contributed by atoms with Crippen molar-refractivity contribution in [2.75, 3.05) is 5.32 Å². The summed E-state index contributed by atoms with van der Waals surface area (Å²) in [7, 11) is 0. The van der Waals surface area contributed by atoms with Crippen LogP contribution < -0.4 is 10.1 Å². The van der Waals surface area contributed by atoms with Gasteiger partial charge in [0.05, 0.1) is 11.0 Å². The van der Waals surface area contributed by atoms with Crippen LogP contribution in [0.15, 0.2) is 54.6 Å². The van der Waals surface area contributed by atoms with Gasteiger partial charge in [0.1, 0.15) is 5.75 Å². The van der Waals surface area contributed by atoms with Gasteiger partial charge in [-0.2, -0.15) is 0 Å². The molecule has 0 aromatic heterocycles. The fraction of sp³-hybridized carbons (Fsp3) is 0.211. The van der Waals surface area contributed by atoms with E-state index in [0.29, 0.717) is 11.3 Å². The number of benzene rings is 2. The summed E-state index contributed by atoms with van der Waals surface area (Å²) < 4.78 is 5.68. The van der Waals surface area contributed by atoms with Crippen LogP contribution in [0.1, 0.15) is 25.8 Å². The van der Waals surface area contributed by atoms with Gasteiger partial charge >= 0.3 is 0 Å². The maximum absolute atomic E-state index is 12.0. The van der Waals surface area contributed by atoms with Crippen molar-refractivity contribution in [2.24, 2.45) is 0 Å². The van der Waals surface area contributed by atoms with E-state index in [1.54, 1.807) is 36.4 Å². The molecule has 0 aliphatic rings. The summed E-state index contributed by atoms with van der Waals surface area (Å²) in [4.78, 5) is 22.2. The van der Waals surface area contributed by atoms with Crippen LogP contribution in [0.4, 0.5) is 11.4 Å². The number of ether oxygens (including phenoxy) is 1. The van der Waals surface area contributed by atoms with Crippen LogP contribution >= 0.6 is 0 Å². The van der Waals surface area contributed by atoms with Crippen LogP contribution in [0, 0.1) is 10.1 Å². The Balaban J connectivity index is 1.95. The normalized spacial score (nSPS) is 11.9. The van der Waals surface area contributed by atoms with Gasteiger partial charge in [0.2, 0.25) is 5.91 Å². The Morgan fingerprint density at radius 2 is 2.00 bits per heavy atom. The minimum absolute atomic E-state index is 0.0144. The molecule has 1 N–H and O–H groups in total. The van der Waals surface area contributed by atoms with Crippen molar-refractivity contribution in [1.82, 2.24) is 0 Å². The topological polar surface area (TPSA) is 81.5 Å². The highest BCUT2D eigenvalue weighted by molar-refractivity contribution is 6.01. The monoisotopic (exact) mass is 340 g/mol. The molecule has 0 aliphatic carbocycles. The van der Waals surface area contributed by atoms with E-state index in [2.05, 4.69) is 5.32 Å². The van der Waals surface area contributed by atoms with E-state index in [4.69, 9.17) is 4.74 Å². The van der Waals surface area contributed by atoms with E-state index in [1.165, 1.54) is 24.3 Å². The van der Waals surface area contributed by atoms with Gasteiger partial charge in [-0.05, 0) is 49.2 Å². The van der Waals surface area contributed by atoms with Crippen molar-refractivity contribution in [2.45, 2.75) is 26.4 Å². The lowest BCUT2D eigenvalue weighted by atomic mass is 10.2. The lowest BCUT2D eigenvalue weighted by Crippen LogP contribution is -2.10. The molecule has 0 bridgehead atoms. The number of nitrogens with one attached hydrogen (secondary N) is 1. The Bertz CT molecular complexity index is 769. The average Bonchev–Trinajstić information content (AvgIpc) is 2.61. The molecule has 0 radical (unpaired) electrons. The molecular formula is C19H20N2O4. The van der Waals surface area contributed by atoms with E-state index in [-0.39, 0.29) is 17.7 Å². The van der Waals surface area contributed by atoms with E-state index in [1.807, 2.05) is 13.8 Å². The van der Waals surface area contributed by atoms with Gasteiger partial charge in [-0.1, -0.05) is 19.1 Å². The van der Waals surface area contributed by atoms with Crippen molar-refractivity contribution in [1.29, 1.82) is 0 Å². The largest absolute Gasteiger partial charge is 0.491 e. The van der Waals surface area contributed by atoms with Crippen LogP contribution in [0.2, 0.25) is 0 Å². The Kier molecular flexibility index (Phi) is 6.28. The first-order valence-electron chi connectivity index (χ1n) is 7.98. The summed E-state index contributed by atoms with van der Waals surface area (Å²) in [5.41, 5.74) is 1.21. The highest BCUT2D eigenvalue weighted by Crippen LogP contribution is 2.18. The summed E-state index contributed by atoms with van der Waals surface area (Å²) in [6.07, 6.45) is 3.92. The zero-order chi connectivity index (χ0) is 18.2. The van der Waals surface area contributed by atoms with Gasteiger partial charge in [-0.3, -0.25) is 14.9 Å². The Morgan fingerprint density at radius 1 is 1.28 bits per heavy atom. The van der Waals surface area contributed by atoms with Crippen LogP contribution in [0.3, 0.4) is 0 Å². The first-order chi connectivity index (χ1) is 12.0. The predicted molar refractivity (Wildman–Crippen MR) is 97.6 cm³/mol. The highest BCUT2D eigenvalue weighted by atomic mass is 16.6. The summed E-state index contributed by atoms with van der Waals surface area (Å²) >= 11 is 0. The first-order valence-corrected chi connectivity index (χ1v) is 7.98. The van der Waals surface area contributed by atoms with Crippen LogP contribution in [0.5, 0.6) is 5.75 Å². The minimum atomic E-state index is -0.472. The zero-order valence-electron chi connectivity index (χ0n) is 14.1. The third-order valence-corrected chi connectivity index (χ3v) is 3.54. The number of nitro groups is 1. The van der Waals surface area contributed by atoms with Gasteiger partial charge in [0, 0.05) is 23.9 Å². The Morgan fingerprint density at radius 3 is 2.64 bits per heavy atom. The number of nitrogens with zero attached hydrogens (tertiary/aromatic N) is 1. The molecule has 0 spiro atoms. The molecule has 2 rings (SSSR count). The second kappa shape index (κ2) is 8.63. The van der Waals surface area contributed by atoms with E-state index >= 15 is 0 Å². The summed E-state index contributed by atoms with van der Waals surface area (Å²) in [6.45, 7) is 4.04. The molecule has 6 nitrogen and oxygen atoms in total. The smallest absolute Gasteiger partial charge is 0.270 e. The van der Waals surface area contributed by atoms with Gasteiger partial charge in [0.15, 0.2) is 0 Å². The van der Waals surface area contributed by atoms with Gasteiger partial charge in [-0.15, -0.1) is 0 Å². The standard InChI is InChI=1S/C19H20N2O4/c1-3-14(2)25-18-10-8-16(9-11-18)20-19(22)12-7-15-5-4-6-17(13-15)21(23)24/h4-14H,3H2,1-2H3,(H,20,22)/b12-7+. The van der Waals surface area contributed by atoms with Crippen molar-refractivity contribution in [3.8, 4) is 5.75 Å². The van der Waals surface area contributed by atoms with E-state index in [9.17, 15) is 14.9 Å². The molecule has 0 fully saturated rings. The van der Waals surface area contributed by atoms with E-state index < -0.39 is 4.92 Å². The van der Waals surface area contributed by atoms with Crippen molar-refractivity contribution >= 4 is 23.4 Å². The first kappa shape index (κ1) is 18.2. The Hall–Kier alpha value is -3.15. The lowest BCUT2D eigenvalue weighted by Gasteiger charge is -2.12. The van der Waals surface area contributed by atoms with Gasteiger partial charge in [-0.25, -0.2) is 0 Å². The molecule has 1 atom stereocenters. The number of nitro benzene ring substituents is 1. The third kappa shape index (κ3) is 5.76. The second-order valence-corrected chi connectivity index (χ2v) is 5.54. The summed E-state index contributed by atoms with van der Waals surface area (Å²) in [5, 5.41) is 13.5. The zero-order valence-corrected chi connectivity index (χ0v) is 14.1. The quantitative estimate of drug-likeness (QED) is 0.459. The number of hydrogen-bond acceptors (Lipinski definition) is 4. The minimum Gasteiger partial charge on any atom is -0.491 e. The number of carbonyl (C=O) groups excluding carboxylic acids is 1. The molecule has 0 saturated heterocycles. The summed E-state index contributed by atoms with van der Waals surface area (Å²) in [6, 6.07) is 13.2. The van der Waals surface area contributed by atoms with Crippen LogP contribution in [-0.2, 0) is 4.79 Å². The number of hydrogen-bond donors (Lipinski definition) is 1. The molecule has 0 aliphatic heterocycles. The average molecular weight is 340 g/mol. The molecule has 1 unspecified atom stereocenters. The molecule has 130 valence electrons. The number of amides is 1. The maximum Gasteiger partial charge on any atom is 0.270 e. The van der Waals surface area contributed by atoms with Crippen LogP contribution in [0.25, 0.3) is 6.08 Å². The second-order valence-electron chi connectivity index (χ2n) is 5.54. The molecule has 1 amide bonds. The highest BCUT2D eigenvalue weighted by Gasteiger charge is 2.05. The molecule has 25 heavy (non-hydrogen) atoms. The van der Waals surface area contributed by atoms with Crippen molar-refractivity contribution in [3.05, 3.63) is 70.3 Å². The van der Waals surface area contributed by atoms with Gasteiger partial charge in [0.25, 0.3) is 5.69 Å². The molecule has 2 aromatic carbocycles. The molecule has 0 saturated carbocycles. The fourth-order valence-corrected chi connectivity index (χ4v) is 2.03. The van der Waals surface area contributed by atoms with E-state index in [0.717, 1.165) is 12.2 Å². The SMILES string of the molecule is CCC(C)Oc1ccc(NC(=O)/C=C/c2cccc([N+](=O)[O-])c2)cc1. The third-order valence-electron chi connectivity index (χ3n) is 3.54.